The zero-order valence-corrected chi connectivity index (χ0v) is 10.2. The Bertz CT molecular complexity index is 489. The van der Waals surface area contributed by atoms with Crippen LogP contribution in [0.1, 0.15) is 19.8 Å². The van der Waals surface area contributed by atoms with Gasteiger partial charge in [-0.1, -0.05) is 18.2 Å². The van der Waals surface area contributed by atoms with E-state index in [1.807, 2.05) is 6.07 Å². The number of rotatable bonds is 4. The first-order chi connectivity index (χ1) is 8.59. The summed E-state index contributed by atoms with van der Waals surface area (Å²) in [6.07, 6.45) is 3.67. The number of hydrogen-bond acceptors (Lipinski definition) is 2. The van der Waals surface area contributed by atoms with Crippen molar-refractivity contribution in [3.63, 3.8) is 0 Å². The van der Waals surface area contributed by atoms with E-state index in [1.54, 1.807) is 30.3 Å². The summed E-state index contributed by atoms with van der Waals surface area (Å²) in [7, 11) is 0. The van der Waals surface area contributed by atoms with Crippen LogP contribution in [-0.4, -0.2) is 17.0 Å². The predicted molar refractivity (Wildman–Crippen MR) is 68.0 cm³/mol. The van der Waals surface area contributed by atoms with Gasteiger partial charge >= 0.3 is 5.97 Å². The lowest BCUT2D eigenvalue weighted by Crippen LogP contribution is -2.31. The average molecular weight is 245 g/mol. The molecule has 1 aromatic rings. The molecule has 0 atom stereocenters. The third kappa shape index (κ3) is 2.77. The molecule has 0 radical (unpaired) electrons. The van der Waals surface area contributed by atoms with Gasteiger partial charge in [-0.2, -0.15) is 0 Å². The van der Waals surface area contributed by atoms with Crippen molar-refractivity contribution >= 4 is 17.6 Å². The lowest BCUT2D eigenvalue weighted by Gasteiger charge is -2.21. The Morgan fingerprint density at radius 3 is 2.33 bits per heavy atom. The highest BCUT2D eigenvalue weighted by Crippen LogP contribution is 2.33. The van der Waals surface area contributed by atoms with E-state index in [-0.39, 0.29) is 11.6 Å². The zero-order valence-electron chi connectivity index (χ0n) is 10.2. The quantitative estimate of drug-likeness (QED) is 0.829. The Morgan fingerprint density at radius 1 is 1.28 bits per heavy atom. The number of carboxylic acid groups (broad SMARTS) is 1. The number of benzene rings is 1. The van der Waals surface area contributed by atoms with Crippen LogP contribution in [0, 0.1) is 5.92 Å². The second-order valence-electron chi connectivity index (χ2n) is 4.38. The van der Waals surface area contributed by atoms with E-state index in [0.717, 1.165) is 12.8 Å². The molecule has 1 amide bonds. The molecule has 4 nitrogen and oxygen atoms in total. The lowest BCUT2D eigenvalue weighted by atomic mass is 10.2. The molecule has 94 valence electrons. The van der Waals surface area contributed by atoms with E-state index < -0.39 is 5.97 Å². The van der Waals surface area contributed by atoms with E-state index in [2.05, 4.69) is 0 Å². The number of amides is 1. The number of carboxylic acids is 1. The Labute approximate surface area is 106 Å². The van der Waals surface area contributed by atoms with Gasteiger partial charge in [0.2, 0.25) is 5.91 Å². The maximum atomic E-state index is 11.7. The molecule has 1 saturated carbocycles. The maximum Gasteiger partial charge on any atom is 0.352 e. The highest BCUT2D eigenvalue weighted by molar-refractivity contribution is 6.05. The monoisotopic (exact) mass is 245 g/mol. The molecule has 2 rings (SSSR count). The fourth-order valence-electron chi connectivity index (χ4n) is 1.80. The molecule has 0 aromatic heterocycles. The van der Waals surface area contributed by atoms with Crippen LogP contribution in [0.25, 0.3) is 0 Å². The van der Waals surface area contributed by atoms with Gasteiger partial charge < -0.3 is 5.11 Å². The molecule has 0 unspecified atom stereocenters. The van der Waals surface area contributed by atoms with Gasteiger partial charge in [0, 0.05) is 12.6 Å². The first-order valence-corrected chi connectivity index (χ1v) is 5.90. The molecule has 0 aliphatic heterocycles. The second kappa shape index (κ2) is 5.04. The van der Waals surface area contributed by atoms with Crippen LogP contribution in [0.2, 0.25) is 0 Å². The number of allylic oxidation sites excluding steroid dienone is 1. The minimum absolute atomic E-state index is 0.0520. The molecule has 18 heavy (non-hydrogen) atoms. The first kappa shape index (κ1) is 12.4. The molecule has 1 fully saturated rings. The number of hydrogen-bond donors (Lipinski definition) is 1. The SMILES string of the molecule is CC(=O)N(/C(=C\C1CC1)C(=O)O)c1ccccc1. The van der Waals surface area contributed by atoms with Crippen molar-refractivity contribution in [2.24, 2.45) is 5.92 Å². The summed E-state index contributed by atoms with van der Waals surface area (Å²) >= 11 is 0. The smallest absolute Gasteiger partial charge is 0.352 e. The van der Waals surface area contributed by atoms with Gasteiger partial charge in [0.25, 0.3) is 0 Å². The van der Waals surface area contributed by atoms with Crippen LogP contribution in [0.5, 0.6) is 0 Å². The van der Waals surface area contributed by atoms with E-state index in [1.165, 1.54) is 11.8 Å². The van der Waals surface area contributed by atoms with Gasteiger partial charge in [-0.05, 0) is 37.0 Å². The molecule has 1 aromatic carbocycles. The van der Waals surface area contributed by atoms with Gasteiger partial charge in [0.1, 0.15) is 5.70 Å². The summed E-state index contributed by atoms with van der Waals surface area (Å²) in [4.78, 5) is 24.3. The Kier molecular flexibility index (Phi) is 3.46. The van der Waals surface area contributed by atoms with Crippen LogP contribution in [0.3, 0.4) is 0 Å². The van der Waals surface area contributed by atoms with Crippen molar-refractivity contribution in [1.29, 1.82) is 0 Å². The van der Waals surface area contributed by atoms with E-state index >= 15 is 0 Å². The molecule has 1 aliphatic carbocycles. The number of aliphatic carboxylic acids is 1. The van der Waals surface area contributed by atoms with E-state index in [9.17, 15) is 14.7 Å². The summed E-state index contributed by atoms with van der Waals surface area (Å²) in [6.45, 7) is 1.37. The molecular formula is C14H15NO3. The predicted octanol–water partition coefficient (Wildman–Crippen LogP) is 2.42. The fourth-order valence-corrected chi connectivity index (χ4v) is 1.80. The van der Waals surface area contributed by atoms with Crippen LogP contribution in [-0.2, 0) is 9.59 Å². The molecule has 0 saturated heterocycles. The maximum absolute atomic E-state index is 11.7. The molecule has 1 aliphatic rings. The van der Waals surface area contributed by atoms with Gasteiger partial charge in [-0.3, -0.25) is 9.69 Å². The topological polar surface area (TPSA) is 57.6 Å². The number of carbonyl (C=O) groups excluding carboxylic acids is 1. The van der Waals surface area contributed by atoms with Crippen LogP contribution < -0.4 is 4.90 Å². The number of carbonyl (C=O) groups is 2. The summed E-state index contributed by atoms with van der Waals surface area (Å²) in [5.41, 5.74) is 0.635. The fraction of sp³-hybridized carbons (Fsp3) is 0.286. The number of anilines is 1. The summed E-state index contributed by atoms with van der Waals surface area (Å²) in [5.74, 6) is -1.07. The van der Waals surface area contributed by atoms with Gasteiger partial charge in [-0.25, -0.2) is 4.79 Å². The zero-order chi connectivity index (χ0) is 13.1. The minimum atomic E-state index is -1.07. The largest absolute Gasteiger partial charge is 0.477 e. The molecular weight excluding hydrogens is 230 g/mol. The van der Waals surface area contributed by atoms with Crippen LogP contribution in [0.4, 0.5) is 5.69 Å². The summed E-state index contributed by atoms with van der Waals surface area (Å²) in [6, 6.07) is 8.84. The molecule has 4 heteroatoms. The van der Waals surface area contributed by atoms with E-state index in [4.69, 9.17) is 0 Å². The van der Waals surface area contributed by atoms with Gasteiger partial charge in [0.05, 0.1) is 0 Å². The third-order valence-electron chi connectivity index (χ3n) is 2.80. The van der Waals surface area contributed by atoms with Crippen molar-refractivity contribution in [3.8, 4) is 0 Å². The minimum Gasteiger partial charge on any atom is -0.477 e. The molecule has 0 bridgehead atoms. The highest BCUT2D eigenvalue weighted by Gasteiger charge is 2.27. The lowest BCUT2D eigenvalue weighted by molar-refractivity contribution is -0.133. The average Bonchev–Trinajstić information content (AvgIpc) is 3.13. The second-order valence-corrected chi connectivity index (χ2v) is 4.38. The molecule has 1 N–H and O–H groups in total. The number of nitrogens with zero attached hydrogens (tertiary/aromatic N) is 1. The van der Waals surface area contributed by atoms with Gasteiger partial charge in [-0.15, -0.1) is 0 Å². The summed E-state index contributed by atoms with van der Waals surface area (Å²) < 4.78 is 0. The number of para-hydroxylation sites is 1. The Balaban J connectivity index is 2.39. The highest BCUT2D eigenvalue weighted by atomic mass is 16.4. The van der Waals surface area contributed by atoms with Crippen molar-refractivity contribution in [3.05, 3.63) is 42.1 Å². The van der Waals surface area contributed by atoms with Crippen molar-refractivity contribution < 1.29 is 14.7 Å². The Hall–Kier alpha value is -2.10. The summed E-state index contributed by atoms with van der Waals surface area (Å²) in [5, 5.41) is 9.27. The van der Waals surface area contributed by atoms with Crippen molar-refractivity contribution in [2.75, 3.05) is 4.90 Å². The van der Waals surface area contributed by atoms with Crippen molar-refractivity contribution in [2.45, 2.75) is 19.8 Å². The van der Waals surface area contributed by atoms with Gasteiger partial charge in [0.15, 0.2) is 0 Å². The van der Waals surface area contributed by atoms with E-state index in [0.29, 0.717) is 11.6 Å². The van der Waals surface area contributed by atoms with Crippen LogP contribution in [0.15, 0.2) is 42.1 Å². The first-order valence-electron chi connectivity index (χ1n) is 5.90. The van der Waals surface area contributed by atoms with Crippen molar-refractivity contribution in [1.82, 2.24) is 0 Å². The molecule has 0 heterocycles. The van der Waals surface area contributed by atoms with Crippen LogP contribution >= 0.6 is 0 Å². The molecule has 0 spiro atoms. The third-order valence-corrected chi connectivity index (χ3v) is 2.80. The standard InChI is InChI=1S/C14H15NO3/c1-10(16)15(12-5-3-2-4-6-12)13(14(17)18)9-11-7-8-11/h2-6,9,11H,7-8H2,1H3,(H,17,18)/b13-9-. The Morgan fingerprint density at radius 2 is 1.89 bits per heavy atom. The normalized spacial score (nSPS) is 15.3.